The molecule has 2 heterocycles. The van der Waals surface area contributed by atoms with Crippen LogP contribution in [0.5, 0.6) is 5.75 Å². The van der Waals surface area contributed by atoms with Crippen molar-refractivity contribution in [3.8, 4) is 5.75 Å². The van der Waals surface area contributed by atoms with E-state index in [4.69, 9.17) is 9.47 Å². The third-order valence-corrected chi connectivity index (χ3v) is 3.31. The van der Waals surface area contributed by atoms with Crippen molar-refractivity contribution in [1.29, 1.82) is 0 Å². The third kappa shape index (κ3) is 1.69. The molecule has 0 saturated carbocycles. The Bertz CT molecular complexity index is 458. The molecule has 2 aliphatic rings. The molecule has 2 aliphatic heterocycles. The molecule has 1 amide bonds. The molecule has 1 saturated heterocycles. The molecule has 1 aromatic carbocycles. The van der Waals surface area contributed by atoms with Crippen LogP contribution in [0.15, 0.2) is 18.2 Å². The number of hydrogen-bond acceptors (Lipinski definition) is 3. The largest absolute Gasteiger partial charge is 0.470 e. The van der Waals surface area contributed by atoms with Crippen LogP contribution in [0.25, 0.3) is 0 Å². The average Bonchev–Trinajstić information content (AvgIpc) is 2.78. The highest BCUT2D eigenvalue weighted by Crippen LogP contribution is 2.33. The van der Waals surface area contributed by atoms with Crippen LogP contribution in [0.4, 0.5) is 0 Å². The molecule has 1 fully saturated rings. The van der Waals surface area contributed by atoms with Crippen molar-refractivity contribution in [1.82, 2.24) is 4.90 Å². The number of amides is 1. The molecule has 1 aromatic rings. The van der Waals surface area contributed by atoms with Crippen molar-refractivity contribution in [2.24, 2.45) is 0 Å². The summed E-state index contributed by atoms with van der Waals surface area (Å²) in [4.78, 5) is 14.0. The van der Waals surface area contributed by atoms with Gasteiger partial charge in [0, 0.05) is 20.1 Å². The van der Waals surface area contributed by atoms with Crippen LogP contribution >= 0.6 is 0 Å². The Morgan fingerprint density at radius 1 is 1.53 bits per heavy atom. The fourth-order valence-corrected chi connectivity index (χ4v) is 2.49. The van der Waals surface area contributed by atoms with Crippen LogP contribution < -0.4 is 4.74 Å². The number of nitrogens with zero attached hydrogens (tertiary/aromatic N) is 1. The summed E-state index contributed by atoms with van der Waals surface area (Å²) in [6.45, 7) is 1.35. The number of carbonyl (C=O) groups excluding carboxylic acids is 1. The highest BCUT2D eigenvalue weighted by molar-refractivity contribution is 5.98. The van der Waals surface area contributed by atoms with Gasteiger partial charge in [-0.15, -0.1) is 0 Å². The molecule has 0 N–H and O–H groups in total. The van der Waals surface area contributed by atoms with E-state index in [1.54, 1.807) is 7.11 Å². The molecule has 4 nitrogen and oxygen atoms in total. The first kappa shape index (κ1) is 10.6. The van der Waals surface area contributed by atoms with Gasteiger partial charge in [-0.05, 0) is 24.1 Å². The fourth-order valence-electron chi connectivity index (χ4n) is 2.49. The van der Waals surface area contributed by atoms with Crippen LogP contribution in [0, 0.1) is 0 Å². The van der Waals surface area contributed by atoms with Gasteiger partial charge in [0.1, 0.15) is 5.75 Å². The zero-order chi connectivity index (χ0) is 11.8. The van der Waals surface area contributed by atoms with Crippen molar-refractivity contribution < 1.29 is 14.3 Å². The zero-order valence-corrected chi connectivity index (χ0v) is 9.81. The van der Waals surface area contributed by atoms with Crippen LogP contribution in [-0.2, 0) is 11.3 Å². The first-order valence-corrected chi connectivity index (χ1v) is 5.89. The second-order valence-corrected chi connectivity index (χ2v) is 4.48. The molecule has 0 radical (unpaired) electrons. The van der Waals surface area contributed by atoms with Gasteiger partial charge in [-0.1, -0.05) is 6.07 Å². The molecule has 4 heteroatoms. The SMILES string of the molecule is COCc1ccc2c(c1)OC1CCCN1C2=O. The molecule has 3 rings (SSSR count). The first-order valence-electron chi connectivity index (χ1n) is 5.89. The maximum absolute atomic E-state index is 12.2. The number of rotatable bonds is 2. The molecule has 0 spiro atoms. The molecule has 90 valence electrons. The summed E-state index contributed by atoms with van der Waals surface area (Å²) >= 11 is 0. The first-order chi connectivity index (χ1) is 8.29. The maximum atomic E-state index is 12.2. The predicted octanol–water partition coefficient (Wildman–Crippen LogP) is 1.79. The van der Waals surface area contributed by atoms with Gasteiger partial charge in [0.15, 0.2) is 6.23 Å². The average molecular weight is 233 g/mol. The van der Waals surface area contributed by atoms with E-state index in [9.17, 15) is 4.79 Å². The van der Waals surface area contributed by atoms with Crippen LogP contribution in [0.2, 0.25) is 0 Å². The van der Waals surface area contributed by atoms with Gasteiger partial charge in [0.2, 0.25) is 0 Å². The third-order valence-electron chi connectivity index (χ3n) is 3.31. The summed E-state index contributed by atoms with van der Waals surface area (Å²) in [5, 5.41) is 0. The van der Waals surface area contributed by atoms with E-state index in [0.717, 1.165) is 24.9 Å². The summed E-state index contributed by atoms with van der Waals surface area (Å²) in [5.74, 6) is 0.797. The monoisotopic (exact) mass is 233 g/mol. The Morgan fingerprint density at radius 2 is 2.41 bits per heavy atom. The lowest BCUT2D eigenvalue weighted by Crippen LogP contribution is -2.42. The van der Waals surface area contributed by atoms with Gasteiger partial charge in [-0.2, -0.15) is 0 Å². The van der Waals surface area contributed by atoms with E-state index in [1.807, 2.05) is 23.1 Å². The van der Waals surface area contributed by atoms with E-state index >= 15 is 0 Å². The molecule has 1 atom stereocenters. The minimum absolute atomic E-state index is 0.0622. The quantitative estimate of drug-likeness (QED) is 0.781. The van der Waals surface area contributed by atoms with E-state index in [-0.39, 0.29) is 12.1 Å². The number of hydrogen-bond donors (Lipinski definition) is 0. The lowest BCUT2D eigenvalue weighted by Gasteiger charge is -2.31. The van der Waals surface area contributed by atoms with Gasteiger partial charge in [-0.3, -0.25) is 4.79 Å². The van der Waals surface area contributed by atoms with Gasteiger partial charge in [0.25, 0.3) is 5.91 Å². The second kappa shape index (κ2) is 4.04. The maximum Gasteiger partial charge on any atom is 0.260 e. The van der Waals surface area contributed by atoms with Crippen molar-refractivity contribution in [2.75, 3.05) is 13.7 Å². The van der Waals surface area contributed by atoms with E-state index in [1.165, 1.54) is 0 Å². The normalized spacial score (nSPS) is 22.1. The summed E-state index contributed by atoms with van der Waals surface area (Å²) in [5.41, 5.74) is 1.70. The second-order valence-electron chi connectivity index (χ2n) is 4.48. The number of ether oxygens (including phenoxy) is 2. The van der Waals surface area contributed by atoms with E-state index in [2.05, 4.69) is 0 Å². The smallest absolute Gasteiger partial charge is 0.260 e. The molecule has 1 unspecified atom stereocenters. The van der Waals surface area contributed by atoms with Gasteiger partial charge < -0.3 is 14.4 Å². The van der Waals surface area contributed by atoms with Gasteiger partial charge in [-0.25, -0.2) is 0 Å². The van der Waals surface area contributed by atoms with Crippen molar-refractivity contribution in [3.63, 3.8) is 0 Å². The number of benzene rings is 1. The highest BCUT2D eigenvalue weighted by atomic mass is 16.5. The molecular formula is C13H15NO3. The standard InChI is InChI=1S/C13H15NO3/c1-16-8-9-4-5-10-11(7-9)17-12-3-2-6-14(12)13(10)15/h4-5,7,12H,2-3,6,8H2,1H3. The van der Waals surface area contributed by atoms with E-state index in [0.29, 0.717) is 17.9 Å². The minimum atomic E-state index is -0.0622. The van der Waals surface area contributed by atoms with Crippen molar-refractivity contribution in [3.05, 3.63) is 29.3 Å². The molecule has 17 heavy (non-hydrogen) atoms. The molecule has 0 bridgehead atoms. The zero-order valence-electron chi connectivity index (χ0n) is 9.81. The topological polar surface area (TPSA) is 38.8 Å². The Kier molecular flexibility index (Phi) is 2.52. The van der Waals surface area contributed by atoms with Crippen LogP contribution in [0.3, 0.4) is 0 Å². The highest BCUT2D eigenvalue weighted by Gasteiger charge is 2.36. The lowest BCUT2D eigenvalue weighted by molar-refractivity contribution is 0.0293. The number of fused-ring (bicyclic) bond motifs is 2. The molecular weight excluding hydrogens is 218 g/mol. The number of carbonyl (C=O) groups is 1. The minimum Gasteiger partial charge on any atom is -0.470 e. The van der Waals surface area contributed by atoms with Crippen molar-refractivity contribution in [2.45, 2.75) is 25.7 Å². The van der Waals surface area contributed by atoms with Gasteiger partial charge in [0.05, 0.1) is 12.2 Å². The predicted molar refractivity (Wildman–Crippen MR) is 61.8 cm³/mol. The summed E-state index contributed by atoms with van der Waals surface area (Å²) < 4.78 is 10.9. The summed E-state index contributed by atoms with van der Waals surface area (Å²) in [7, 11) is 1.66. The Labute approximate surface area is 100 Å². The molecule has 0 aliphatic carbocycles. The van der Waals surface area contributed by atoms with Gasteiger partial charge >= 0.3 is 0 Å². The van der Waals surface area contributed by atoms with Crippen LogP contribution in [0.1, 0.15) is 28.8 Å². The van der Waals surface area contributed by atoms with E-state index < -0.39 is 0 Å². The Hall–Kier alpha value is -1.55. The summed E-state index contributed by atoms with van der Waals surface area (Å²) in [6.07, 6.45) is 1.89. The summed E-state index contributed by atoms with van der Waals surface area (Å²) in [6, 6.07) is 5.66. The lowest BCUT2D eigenvalue weighted by atomic mass is 10.1. The Balaban J connectivity index is 1.96. The van der Waals surface area contributed by atoms with Crippen molar-refractivity contribution >= 4 is 5.91 Å². The Morgan fingerprint density at radius 3 is 3.24 bits per heavy atom. The number of methoxy groups -OCH3 is 1. The fraction of sp³-hybridized carbons (Fsp3) is 0.462. The molecule has 0 aromatic heterocycles. The van der Waals surface area contributed by atoms with Crippen LogP contribution in [-0.4, -0.2) is 30.7 Å².